The minimum absolute atomic E-state index is 0.426. The number of carboxylic acids is 1. The summed E-state index contributed by atoms with van der Waals surface area (Å²) in [6.45, 7) is 8.31. The van der Waals surface area contributed by atoms with Crippen LogP contribution in [0.15, 0.2) is 24.0 Å². The second-order valence-corrected chi connectivity index (χ2v) is 2.11. The number of hydrogen-bond donors (Lipinski definition) is 1. The van der Waals surface area contributed by atoms with Crippen LogP contribution in [0.4, 0.5) is 0 Å². The Morgan fingerprint density at radius 3 is 1.64 bits per heavy atom. The topological polar surface area (TPSA) is 60.4 Å². The van der Waals surface area contributed by atoms with Gasteiger partial charge in [-0.2, -0.15) is 0 Å². The summed E-state index contributed by atoms with van der Waals surface area (Å²) in [5.74, 6) is -0.806. The SMILES string of the molecule is C=CC(=O)[O-].CC(C)=C(C)O. The largest absolute Gasteiger partial charge is 0.545 e. The molecular formula is C8H13O3-. The standard InChI is InChI=1S/C5H10O.C3H4O2/c1-4(2)5(3)6;1-2-3(4)5/h6H,1-3H3;2H,1H2,(H,4,5)/p-1. The van der Waals surface area contributed by atoms with Gasteiger partial charge in [0.15, 0.2) is 0 Å². The average Bonchev–Trinajstić information content (AvgIpc) is 1.89. The van der Waals surface area contributed by atoms with E-state index >= 15 is 0 Å². The predicted molar refractivity (Wildman–Crippen MR) is 41.9 cm³/mol. The highest BCUT2D eigenvalue weighted by molar-refractivity contribution is 5.76. The minimum atomic E-state index is -1.23. The van der Waals surface area contributed by atoms with Gasteiger partial charge in [0.05, 0.1) is 11.7 Å². The second-order valence-electron chi connectivity index (χ2n) is 2.11. The van der Waals surface area contributed by atoms with Crippen LogP contribution < -0.4 is 5.11 Å². The molecule has 0 radical (unpaired) electrons. The van der Waals surface area contributed by atoms with Gasteiger partial charge in [0, 0.05) is 0 Å². The van der Waals surface area contributed by atoms with E-state index in [0.29, 0.717) is 5.76 Å². The van der Waals surface area contributed by atoms with Crippen molar-refractivity contribution in [3.8, 4) is 0 Å². The van der Waals surface area contributed by atoms with Crippen molar-refractivity contribution in [3.63, 3.8) is 0 Å². The highest BCUT2D eigenvalue weighted by Crippen LogP contribution is 1.93. The number of allylic oxidation sites excluding steroid dienone is 2. The molecule has 64 valence electrons. The Labute approximate surface area is 66.7 Å². The number of carbonyl (C=O) groups is 1. The molecule has 0 aliphatic carbocycles. The van der Waals surface area contributed by atoms with Crippen LogP contribution in [0.1, 0.15) is 20.8 Å². The number of carbonyl (C=O) groups excluding carboxylic acids is 1. The third-order valence-corrected chi connectivity index (χ3v) is 0.890. The van der Waals surface area contributed by atoms with Crippen LogP contribution >= 0.6 is 0 Å². The third-order valence-electron chi connectivity index (χ3n) is 0.890. The predicted octanol–water partition coefficient (Wildman–Crippen LogP) is 0.780. The summed E-state index contributed by atoms with van der Waals surface area (Å²) < 4.78 is 0. The first kappa shape index (κ1) is 12.4. The van der Waals surface area contributed by atoms with Gasteiger partial charge in [0.1, 0.15) is 0 Å². The molecular weight excluding hydrogens is 144 g/mol. The number of hydrogen-bond acceptors (Lipinski definition) is 3. The van der Waals surface area contributed by atoms with Gasteiger partial charge < -0.3 is 15.0 Å². The molecule has 0 rings (SSSR count). The average molecular weight is 157 g/mol. The molecule has 0 saturated heterocycles. The third kappa shape index (κ3) is 17.7. The van der Waals surface area contributed by atoms with E-state index in [-0.39, 0.29) is 0 Å². The first-order valence-corrected chi connectivity index (χ1v) is 3.08. The smallest absolute Gasteiger partial charge is 0.0878 e. The molecule has 0 aliphatic heterocycles. The van der Waals surface area contributed by atoms with Crippen molar-refractivity contribution < 1.29 is 15.0 Å². The number of carboxylic acid groups (broad SMARTS) is 1. The van der Waals surface area contributed by atoms with Crippen LogP contribution in [-0.2, 0) is 4.79 Å². The lowest BCUT2D eigenvalue weighted by Crippen LogP contribution is -2.17. The number of rotatable bonds is 1. The van der Waals surface area contributed by atoms with Crippen molar-refractivity contribution in [1.29, 1.82) is 0 Å². The summed E-state index contributed by atoms with van der Waals surface area (Å²) >= 11 is 0. The summed E-state index contributed by atoms with van der Waals surface area (Å²) in [6, 6.07) is 0. The van der Waals surface area contributed by atoms with Crippen molar-refractivity contribution in [3.05, 3.63) is 24.0 Å². The molecule has 0 atom stereocenters. The van der Waals surface area contributed by atoms with Crippen molar-refractivity contribution in [2.24, 2.45) is 0 Å². The van der Waals surface area contributed by atoms with Crippen LogP contribution in [0, 0.1) is 0 Å². The molecule has 0 saturated carbocycles. The van der Waals surface area contributed by atoms with E-state index in [9.17, 15) is 0 Å². The maximum atomic E-state index is 9.14. The Kier molecular flexibility index (Phi) is 7.76. The summed E-state index contributed by atoms with van der Waals surface area (Å²) in [7, 11) is 0. The fourth-order valence-corrected chi connectivity index (χ4v) is 0. The Balaban J connectivity index is 0. The normalized spacial score (nSPS) is 7.18. The quantitative estimate of drug-likeness (QED) is 0.452. The monoisotopic (exact) mass is 157 g/mol. The van der Waals surface area contributed by atoms with E-state index in [0.717, 1.165) is 11.6 Å². The van der Waals surface area contributed by atoms with Gasteiger partial charge >= 0.3 is 0 Å². The van der Waals surface area contributed by atoms with Gasteiger partial charge in [-0.15, -0.1) is 0 Å². The molecule has 0 amide bonds. The van der Waals surface area contributed by atoms with Crippen molar-refractivity contribution in [1.82, 2.24) is 0 Å². The van der Waals surface area contributed by atoms with E-state index < -0.39 is 5.97 Å². The molecule has 0 fully saturated rings. The molecule has 3 nitrogen and oxygen atoms in total. The maximum absolute atomic E-state index is 9.14. The van der Waals surface area contributed by atoms with Gasteiger partial charge in [-0.05, 0) is 32.4 Å². The molecule has 1 N–H and O–H groups in total. The van der Waals surface area contributed by atoms with E-state index in [1.54, 1.807) is 6.92 Å². The highest BCUT2D eigenvalue weighted by Gasteiger charge is 1.78. The van der Waals surface area contributed by atoms with Crippen molar-refractivity contribution in [2.45, 2.75) is 20.8 Å². The fourth-order valence-electron chi connectivity index (χ4n) is 0. The molecule has 0 aromatic rings. The highest BCUT2D eigenvalue weighted by atomic mass is 16.4. The van der Waals surface area contributed by atoms with E-state index in [1.807, 2.05) is 13.8 Å². The summed E-state index contributed by atoms with van der Waals surface area (Å²) in [5.41, 5.74) is 0.981. The molecule has 11 heavy (non-hydrogen) atoms. The van der Waals surface area contributed by atoms with Gasteiger partial charge in [-0.3, -0.25) is 0 Å². The van der Waals surface area contributed by atoms with Crippen LogP contribution in [0.2, 0.25) is 0 Å². The second kappa shape index (κ2) is 6.86. The summed E-state index contributed by atoms with van der Waals surface area (Å²) in [4.78, 5) is 9.14. The molecule has 0 heterocycles. The van der Waals surface area contributed by atoms with Crippen molar-refractivity contribution >= 4 is 5.97 Å². The van der Waals surface area contributed by atoms with E-state index in [2.05, 4.69) is 6.58 Å². The van der Waals surface area contributed by atoms with Crippen LogP contribution in [0.25, 0.3) is 0 Å². The van der Waals surface area contributed by atoms with Gasteiger partial charge in [-0.1, -0.05) is 6.58 Å². The zero-order valence-electron chi connectivity index (χ0n) is 7.05. The van der Waals surface area contributed by atoms with Crippen LogP contribution in [-0.4, -0.2) is 11.1 Å². The zero-order valence-corrected chi connectivity index (χ0v) is 7.05. The molecule has 0 spiro atoms. The Bertz CT molecular complexity index is 150. The maximum Gasteiger partial charge on any atom is 0.0878 e. The molecule has 0 aliphatic rings. The zero-order chi connectivity index (χ0) is 9.44. The first-order valence-electron chi connectivity index (χ1n) is 3.08. The fraction of sp³-hybridized carbons (Fsp3) is 0.375. The number of aliphatic carboxylic acids is 1. The number of aliphatic hydroxyl groups is 1. The number of aliphatic hydroxyl groups excluding tert-OH is 1. The molecule has 0 aromatic carbocycles. The minimum Gasteiger partial charge on any atom is -0.545 e. The summed E-state index contributed by atoms with van der Waals surface area (Å²) in [6.07, 6.45) is 0.722. The first-order chi connectivity index (χ1) is 4.91. The molecule has 0 bridgehead atoms. The lowest BCUT2D eigenvalue weighted by Gasteiger charge is -1.87. The Morgan fingerprint density at radius 2 is 1.64 bits per heavy atom. The van der Waals surface area contributed by atoms with Gasteiger partial charge in [0.2, 0.25) is 0 Å². The van der Waals surface area contributed by atoms with Crippen LogP contribution in [0.3, 0.4) is 0 Å². The Hall–Kier alpha value is -1.25. The molecule has 0 unspecified atom stereocenters. The lowest BCUT2D eigenvalue weighted by atomic mass is 10.3. The van der Waals surface area contributed by atoms with Gasteiger partial charge in [0.25, 0.3) is 0 Å². The molecule has 0 aromatic heterocycles. The summed E-state index contributed by atoms with van der Waals surface area (Å²) in [5, 5.41) is 17.6. The molecule has 3 heteroatoms. The lowest BCUT2D eigenvalue weighted by molar-refractivity contribution is -0.297. The van der Waals surface area contributed by atoms with Gasteiger partial charge in [-0.25, -0.2) is 0 Å². The van der Waals surface area contributed by atoms with E-state index in [4.69, 9.17) is 15.0 Å². The Morgan fingerprint density at radius 1 is 1.45 bits per heavy atom. The van der Waals surface area contributed by atoms with E-state index in [1.165, 1.54) is 0 Å². The van der Waals surface area contributed by atoms with Crippen molar-refractivity contribution in [2.75, 3.05) is 0 Å². The van der Waals surface area contributed by atoms with Crippen LogP contribution in [0.5, 0.6) is 0 Å².